The Morgan fingerprint density at radius 3 is 2.17 bits per heavy atom. The van der Waals surface area contributed by atoms with Gasteiger partial charge in [-0.25, -0.2) is 10.2 Å². The summed E-state index contributed by atoms with van der Waals surface area (Å²) in [4.78, 5) is 24.6. The summed E-state index contributed by atoms with van der Waals surface area (Å²) in [5.74, 6) is 0.439. The zero-order chi connectivity index (χ0) is 28.3. The van der Waals surface area contributed by atoms with Crippen LogP contribution >= 0.6 is 11.8 Å². The van der Waals surface area contributed by atoms with Crippen LogP contribution in [0.4, 0.5) is 0 Å². The number of rotatable bonds is 10. The van der Waals surface area contributed by atoms with Gasteiger partial charge in [0.25, 0.3) is 5.91 Å². The number of amides is 1. The maximum Gasteiger partial charge on any atom is 0.336 e. The molecule has 5 aromatic rings. The number of benzene rings is 4. The van der Waals surface area contributed by atoms with Crippen molar-refractivity contribution in [3.05, 3.63) is 132 Å². The second kappa shape index (κ2) is 13.7. The molecule has 0 aliphatic carbocycles. The number of hydrazone groups is 1. The fourth-order valence-corrected chi connectivity index (χ4v) is 4.53. The molecule has 0 spiro atoms. The van der Waals surface area contributed by atoms with Gasteiger partial charge in [0.2, 0.25) is 0 Å². The summed E-state index contributed by atoms with van der Waals surface area (Å²) in [5, 5.41) is 13.4. The van der Waals surface area contributed by atoms with Gasteiger partial charge in [-0.2, -0.15) is 5.10 Å². The first kappa shape index (κ1) is 27.3. The average Bonchev–Trinajstić information content (AvgIpc) is 3.45. The lowest BCUT2D eigenvalue weighted by Crippen LogP contribution is -2.20. The molecule has 1 N–H and O–H groups in total. The first-order chi connectivity index (χ1) is 20.2. The molecule has 0 saturated carbocycles. The quantitative estimate of drug-likeness (QED) is 0.0580. The van der Waals surface area contributed by atoms with Gasteiger partial charge in [-0.05, 0) is 53.6 Å². The molecule has 5 rings (SSSR count). The van der Waals surface area contributed by atoms with E-state index in [4.69, 9.17) is 4.74 Å². The van der Waals surface area contributed by atoms with Crippen LogP contribution in [0.1, 0.15) is 11.1 Å². The number of nitrogens with one attached hydrogen (secondary N) is 1. The molecule has 41 heavy (non-hydrogen) atoms. The smallest absolute Gasteiger partial charge is 0.336 e. The predicted molar refractivity (Wildman–Crippen MR) is 161 cm³/mol. The number of aromatic nitrogens is 3. The van der Waals surface area contributed by atoms with Crippen LogP contribution in [-0.4, -0.2) is 38.6 Å². The molecule has 9 heteroatoms. The van der Waals surface area contributed by atoms with Crippen molar-refractivity contribution in [1.82, 2.24) is 20.2 Å². The van der Waals surface area contributed by atoms with Crippen molar-refractivity contribution in [3.63, 3.8) is 0 Å². The zero-order valence-corrected chi connectivity index (χ0v) is 22.6. The van der Waals surface area contributed by atoms with Gasteiger partial charge in [0, 0.05) is 17.3 Å². The van der Waals surface area contributed by atoms with Crippen molar-refractivity contribution in [2.75, 3.05) is 5.75 Å². The Morgan fingerprint density at radius 2 is 1.46 bits per heavy atom. The van der Waals surface area contributed by atoms with E-state index in [1.165, 1.54) is 24.1 Å². The Kier molecular flexibility index (Phi) is 9.11. The van der Waals surface area contributed by atoms with Crippen LogP contribution in [0.3, 0.4) is 0 Å². The third-order valence-corrected chi connectivity index (χ3v) is 6.65. The van der Waals surface area contributed by atoms with E-state index in [1.807, 2.05) is 95.6 Å². The molecular formula is C32H25N5O3S. The topological polar surface area (TPSA) is 98.5 Å². The minimum atomic E-state index is -0.473. The molecule has 0 radical (unpaired) electrons. The van der Waals surface area contributed by atoms with Crippen LogP contribution in [0.5, 0.6) is 5.75 Å². The van der Waals surface area contributed by atoms with E-state index >= 15 is 0 Å². The minimum absolute atomic E-state index is 0.0997. The van der Waals surface area contributed by atoms with Crippen molar-refractivity contribution in [2.24, 2.45) is 5.10 Å². The lowest BCUT2D eigenvalue weighted by atomic mass is 10.2. The number of thioether (sulfide) groups is 1. The largest absolute Gasteiger partial charge is 0.423 e. The summed E-state index contributed by atoms with van der Waals surface area (Å²) in [5.41, 5.74) is 6.00. The van der Waals surface area contributed by atoms with E-state index in [9.17, 15) is 9.59 Å². The van der Waals surface area contributed by atoms with Gasteiger partial charge in [-0.3, -0.25) is 9.36 Å². The Labute approximate surface area is 241 Å². The van der Waals surface area contributed by atoms with Crippen molar-refractivity contribution >= 4 is 35.9 Å². The van der Waals surface area contributed by atoms with Gasteiger partial charge in [-0.1, -0.05) is 90.6 Å². The van der Waals surface area contributed by atoms with Gasteiger partial charge in [0.1, 0.15) is 5.75 Å². The summed E-state index contributed by atoms with van der Waals surface area (Å²) < 4.78 is 7.26. The van der Waals surface area contributed by atoms with E-state index in [2.05, 4.69) is 20.7 Å². The molecule has 0 aliphatic heterocycles. The highest BCUT2D eigenvalue weighted by atomic mass is 32.2. The molecule has 0 atom stereocenters. The van der Waals surface area contributed by atoms with Crippen LogP contribution in [-0.2, 0) is 9.59 Å². The number of carbonyl (C=O) groups is 2. The number of esters is 1. The SMILES string of the molecule is O=C(CSc1nnc(-c2ccccc2)n1-c1ccccc1)NN=Cc1ccc(OC(=O)C=Cc2ccccc2)cc1. The number of hydrogen-bond acceptors (Lipinski definition) is 7. The van der Waals surface area contributed by atoms with E-state index in [0.29, 0.717) is 16.7 Å². The average molecular weight is 560 g/mol. The first-order valence-electron chi connectivity index (χ1n) is 12.7. The van der Waals surface area contributed by atoms with Crippen LogP contribution in [0.25, 0.3) is 23.2 Å². The van der Waals surface area contributed by atoms with Gasteiger partial charge in [-0.15, -0.1) is 10.2 Å². The van der Waals surface area contributed by atoms with Gasteiger partial charge in [0.15, 0.2) is 11.0 Å². The van der Waals surface area contributed by atoms with Crippen LogP contribution in [0.2, 0.25) is 0 Å². The summed E-state index contributed by atoms with van der Waals surface area (Å²) in [6.07, 6.45) is 4.59. The molecular weight excluding hydrogens is 534 g/mol. The fraction of sp³-hybridized carbons (Fsp3) is 0.0312. The van der Waals surface area contributed by atoms with Gasteiger partial charge >= 0.3 is 5.97 Å². The van der Waals surface area contributed by atoms with E-state index in [0.717, 1.165) is 22.4 Å². The molecule has 0 unspecified atom stereocenters. The fourth-order valence-electron chi connectivity index (χ4n) is 3.79. The number of ether oxygens (including phenoxy) is 1. The predicted octanol–water partition coefficient (Wildman–Crippen LogP) is 5.80. The highest BCUT2D eigenvalue weighted by Crippen LogP contribution is 2.27. The van der Waals surface area contributed by atoms with Crippen molar-refractivity contribution in [1.29, 1.82) is 0 Å². The van der Waals surface area contributed by atoms with Crippen LogP contribution < -0.4 is 10.2 Å². The first-order valence-corrected chi connectivity index (χ1v) is 13.7. The zero-order valence-electron chi connectivity index (χ0n) is 21.8. The third kappa shape index (κ3) is 7.65. The molecule has 8 nitrogen and oxygen atoms in total. The molecule has 1 aromatic heterocycles. The monoisotopic (exact) mass is 559 g/mol. The Hall–Kier alpha value is -5.28. The Morgan fingerprint density at radius 1 is 0.805 bits per heavy atom. The molecule has 202 valence electrons. The number of para-hydroxylation sites is 1. The maximum atomic E-state index is 12.5. The summed E-state index contributed by atoms with van der Waals surface area (Å²) in [6.45, 7) is 0. The second-order valence-corrected chi connectivity index (χ2v) is 9.60. The number of carbonyl (C=O) groups excluding carboxylic acids is 2. The normalized spacial score (nSPS) is 11.1. The van der Waals surface area contributed by atoms with Crippen LogP contribution in [0, 0.1) is 0 Å². The van der Waals surface area contributed by atoms with Crippen LogP contribution in [0.15, 0.2) is 132 Å². The highest BCUT2D eigenvalue weighted by molar-refractivity contribution is 7.99. The highest BCUT2D eigenvalue weighted by Gasteiger charge is 2.17. The summed E-state index contributed by atoms with van der Waals surface area (Å²) >= 11 is 1.27. The molecule has 0 aliphatic rings. The van der Waals surface area contributed by atoms with Gasteiger partial charge in [0.05, 0.1) is 12.0 Å². The van der Waals surface area contributed by atoms with E-state index in [1.54, 1.807) is 30.3 Å². The van der Waals surface area contributed by atoms with Crippen molar-refractivity contribution < 1.29 is 14.3 Å². The number of nitrogens with zero attached hydrogens (tertiary/aromatic N) is 4. The lowest BCUT2D eigenvalue weighted by Gasteiger charge is -2.10. The second-order valence-electron chi connectivity index (χ2n) is 8.66. The lowest BCUT2D eigenvalue weighted by molar-refractivity contribution is -0.129. The third-order valence-electron chi connectivity index (χ3n) is 5.72. The summed E-state index contributed by atoms with van der Waals surface area (Å²) in [7, 11) is 0. The Balaban J connectivity index is 1.15. The molecule has 1 heterocycles. The number of hydrogen-bond donors (Lipinski definition) is 1. The molecule has 0 fully saturated rings. The van der Waals surface area contributed by atoms with Crippen molar-refractivity contribution in [3.8, 4) is 22.8 Å². The Bertz CT molecular complexity index is 1650. The minimum Gasteiger partial charge on any atom is -0.423 e. The standard InChI is InChI=1S/C32H25N5O3S/c38-29(23-41-32-36-35-31(26-12-6-2-7-13-26)37(32)27-14-8-3-9-15-27)34-33-22-25-16-19-28(20-17-25)40-30(39)21-18-24-10-4-1-5-11-24/h1-22H,23H2,(H,34,38). The molecule has 0 bridgehead atoms. The molecule has 4 aromatic carbocycles. The molecule has 0 saturated heterocycles. The van der Waals surface area contributed by atoms with Gasteiger partial charge < -0.3 is 4.74 Å². The maximum absolute atomic E-state index is 12.5. The van der Waals surface area contributed by atoms with E-state index in [-0.39, 0.29) is 11.7 Å². The van der Waals surface area contributed by atoms with E-state index < -0.39 is 5.97 Å². The summed E-state index contributed by atoms with van der Waals surface area (Å²) in [6, 6.07) is 35.8. The molecule has 1 amide bonds. The van der Waals surface area contributed by atoms with Crippen molar-refractivity contribution in [2.45, 2.75) is 5.16 Å².